The Hall–Kier alpha value is -3.96. The van der Waals surface area contributed by atoms with Crippen molar-refractivity contribution >= 4 is 11.1 Å². The smallest absolute Gasteiger partial charge is 0.150 e. The molecule has 2 aliphatic rings. The van der Waals surface area contributed by atoms with Gasteiger partial charge in [0.25, 0.3) is 0 Å². The van der Waals surface area contributed by atoms with Crippen molar-refractivity contribution < 1.29 is 14.6 Å². The number of nitrogens with zero attached hydrogens (tertiary/aromatic N) is 2. The zero-order valence-corrected chi connectivity index (χ0v) is 22.9. The molecule has 6 rings (SSSR count). The van der Waals surface area contributed by atoms with Gasteiger partial charge in [-0.1, -0.05) is 31.2 Å². The SMILES string of the molecule is CC1=C(c2cccc(-n3cccc3)c2)C(c2ccc(OC[C@H](C)N3CC[C@@H](C)C3)cc2)Oc2ccc(O)cc21. The lowest BCUT2D eigenvalue weighted by Crippen LogP contribution is -2.35. The van der Waals surface area contributed by atoms with Crippen LogP contribution in [0, 0.1) is 5.92 Å². The third-order valence-corrected chi connectivity index (χ3v) is 8.09. The van der Waals surface area contributed by atoms with Gasteiger partial charge in [0.1, 0.15) is 30.0 Å². The molecule has 5 heteroatoms. The van der Waals surface area contributed by atoms with Gasteiger partial charge in [-0.25, -0.2) is 0 Å². The fraction of sp³-hybridized carbons (Fsp3) is 0.294. The first kappa shape index (κ1) is 25.3. The summed E-state index contributed by atoms with van der Waals surface area (Å²) in [6.45, 7) is 9.68. The van der Waals surface area contributed by atoms with E-state index in [0.29, 0.717) is 12.6 Å². The number of aromatic nitrogens is 1. The molecular formula is C34H36N2O3. The number of phenols is 1. The van der Waals surface area contributed by atoms with E-state index in [0.717, 1.165) is 64.0 Å². The number of rotatable bonds is 7. The standard InChI is InChI=1S/C34H36N2O3/c1-23-15-18-36(21-23)24(2)22-38-30-12-9-26(10-13-30)34-33(25(3)31-20-29(37)11-14-32(31)39-34)27-7-6-8-28(19-27)35-16-4-5-17-35/h4-14,16-17,19-20,23-24,34,37H,15,18,21-22H2,1-3H3/t23-,24+,34?/m1/s1. The molecule has 1 saturated heterocycles. The number of aromatic hydroxyl groups is 1. The quantitative estimate of drug-likeness (QED) is 0.277. The van der Waals surface area contributed by atoms with Gasteiger partial charge in [-0.15, -0.1) is 0 Å². The van der Waals surface area contributed by atoms with Crippen LogP contribution >= 0.6 is 0 Å². The lowest BCUT2D eigenvalue weighted by molar-refractivity contribution is 0.169. The Bertz CT molecular complexity index is 1470. The number of hydrogen-bond acceptors (Lipinski definition) is 4. The minimum Gasteiger partial charge on any atom is -0.508 e. The van der Waals surface area contributed by atoms with Gasteiger partial charge in [-0.3, -0.25) is 4.90 Å². The lowest BCUT2D eigenvalue weighted by Gasteiger charge is -2.31. The summed E-state index contributed by atoms with van der Waals surface area (Å²) in [5.41, 5.74) is 6.33. The van der Waals surface area contributed by atoms with Crippen LogP contribution in [0.5, 0.6) is 17.2 Å². The second kappa shape index (κ2) is 10.7. The van der Waals surface area contributed by atoms with Crippen molar-refractivity contribution in [2.75, 3.05) is 19.7 Å². The van der Waals surface area contributed by atoms with Crippen molar-refractivity contribution in [3.63, 3.8) is 0 Å². The Morgan fingerprint density at radius 1 is 1.00 bits per heavy atom. The number of likely N-dealkylation sites (tertiary alicyclic amines) is 1. The van der Waals surface area contributed by atoms with Gasteiger partial charge in [0, 0.05) is 41.8 Å². The molecule has 3 aromatic carbocycles. The normalized spacial score (nSPS) is 20.0. The largest absolute Gasteiger partial charge is 0.508 e. The first-order valence-corrected chi connectivity index (χ1v) is 13.9. The van der Waals surface area contributed by atoms with Crippen LogP contribution in [0.4, 0.5) is 0 Å². The van der Waals surface area contributed by atoms with E-state index in [1.165, 1.54) is 6.42 Å². The molecule has 0 amide bonds. The fourth-order valence-corrected chi connectivity index (χ4v) is 5.82. The highest BCUT2D eigenvalue weighted by Crippen LogP contribution is 2.47. The van der Waals surface area contributed by atoms with Crippen LogP contribution < -0.4 is 9.47 Å². The number of phenolic OH excluding ortho intramolecular Hbond substituents is 1. The van der Waals surface area contributed by atoms with Gasteiger partial charge >= 0.3 is 0 Å². The molecule has 3 atom stereocenters. The maximum atomic E-state index is 10.2. The van der Waals surface area contributed by atoms with E-state index in [4.69, 9.17) is 9.47 Å². The molecule has 0 saturated carbocycles. The van der Waals surface area contributed by atoms with Crippen LogP contribution in [0.25, 0.3) is 16.8 Å². The van der Waals surface area contributed by atoms with Crippen LogP contribution in [0.3, 0.4) is 0 Å². The van der Waals surface area contributed by atoms with Crippen molar-refractivity contribution in [2.24, 2.45) is 5.92 Å². The third-order valence-electron chi connectivity index (χ3n) is 8.09. The highest BCUT2D eigenvalue weighted by molar-refractivity contribution is 5.96. The maximum Gasteiger partial charge on any atom is 0.150 e. The van der Waals surface area contributed by atoms with Gasteiger partial charge < -0.3 is 19.1 Å². The molecule has 0 bridgehead atoms. The second-order valence-corrected chi connectivity index (χ2v) is 11.0. The van der Waals surface area contributed by atoms with Crippen LogP contribution in [0.15, 0.2) is 91.3 Å². The van der Waals surface area contributed by atoms with E-state index < -0.39 is 0 Å². The number of fused-ring (bicyclic) bond motifs is 1. The van der Waals surface area contributed by atoms with Crippen LogP contribution in [0.2, 0.25) is 0 Å². The Balaban J connectivity index is 1.30. The summed E-state index contributed by atoms with van der Waals surface area (Å²) in [5.74, 6) is 2.64. The zero-order valence-electron chi connectivity index (χ0n) is 22.9. The number of hydrogen-bond donors (Lipinski definition) is 1. The molecular weight excluding hydrogens is 484 g/mol. The molecule has 2 aliphatic heterocycles. The monoisotopic (exact) mass is 520 g/mol. The van der Waals surface area contributed by atoms with Crippen molar-refractivity contribution in [1.82, 2.24) is 9.47 Å². The highest BCUT2D eigenvalue weighted by atomic mass is 16.5. The number of benzene rings is 3. The summed E-state index contributed by atoms with van der Waals surface area (Å²) in [6.07, 6.45) is 5.08. The van der Waals surface area contributed by atoms with Gasteiger partial charge in [0.05, 0.1) is 0 Å². The molecule has 200 valence electrons. The first-order valence-electron chi connectivity index (χ1n) is 13.9. The van der Waals surface area contributed by atoms with Gasteiger partial charge in [0.15, 0.2) is 0 Å². The molecule has 0 spiro atoms. The van der Waals surface area contributed by atoms with Crippen LogP contribution in [-0.4, -0.2) is 40.3 Å². The Kier molecular flexibility index (Phi) is 6.92. The molecule has 3 heterocycles. The van der Waals surface area contributed by atoms with Crippen molar-refractivity contribution in [2.45, 2.75) is 39.3 Å². The van der Waals surface area contributed by atoms with Gasteiger partial charge in [0.2, 0.25) is 0 Å². The van der Waals surface area contributed by atoms with E-state index in [1.54, 1.807) is 12.1 Å². The summed E-state index contributed by atoms with van der Waals surface area (Å²) < 4.78 is 14.9. The predicted molar refractivity (Wildman–Crippen MR) is 156 cm³/mol. The number of ether oxygens (including phenoxy) is 2. The average Bonchev–Trinajstić information content (AvgIpc) is 3.65. The zero-order chi connectivity index (χ0) is 26.9. The maximum absolute atomic E-state index is 10.2. The second-order valence-electron chi connectivity index (χ2n) is 11.0. The van der Waals surface area contributed by atoms with Gasteiger partial charge in [-0.2, -0.15) is 0 Å². The first-order chi connectivity index (χ1) is 19.0. The van der Waals surface area contributed by atoms with Crippen molar-refractivity contribution in [3.8, 4) is 22.9 Å². The minimum absolute atomic E-state index is 0.231. The minimum atomic E-state index is -0.291. The van der Waals surface area contributed by atoms with E-state index in [1.807, 2.05) is 42.7 Å². The summed E-state index contributed by atoms with van der Waals surface area (Å²) in [4.78, 5) is 2.52. The molecule has 4 aromatic rings. The fourth-order valence-electron chi connectivity index (χ4n) is 5.82. The molecule has 39 heavy (non-hydrogen) atoms. The summed E-state index contributed by atoms with van der Waals surface area (Å²) in [6, 6.07) is 26.6. The van der Waals surface area contributed by atoms with Crippen molar-refractivity contribution in [1.29, 1.82) is 0 Å². The molecule has 1 N–H and O–H groups in total. The molecule has 1 unspecified atom stereocenters. The molecule has 5 nitrogen and oxygen atoms in total. The Morgan fingerprint density at radius 2 is 1.79 bits per heavy atom. The Morgan fingerprint density at radius 3 is 2.54 bits per heavy atom. The highest BCUT2D eigenvalue weighted by Gasteiger charge is 2.30. The van der Waals surface area contributed by atoms with Crippen LogP contribution in [0.1, 0.15) is 50.0 Å². The summed E-state index contributed by atoms with van der Waals surface area (Å²) in [7, 11) is 0. The van der Waals surface area contributed by atoms with Gasteiger partial charge in [-0.05, 0) is 104 Å². The molecule has 0 aliphatic carbocycles. The number of allylic oxidation sites excluding steroid dienone is 1. The molecule has 1 aromatic heterocycles. The molecule has 0 radical (unpaired) electrons. The lowest BCUT2D eigenvalue weighted by atomic mass is 9.86. The van der Waals surface area contributed by atoms with Crippen LogP contribution in [-0.2, 0) is 0 Å². The average molecular weight is 521 g/mol. The summed E-state index contributed by atoms with van der Waals surface area (Å²) >= 11 is 0. The Labute approximate surface area is 230 Å². The van der Waals surface area contributed by atoms with E-state index in [2.05, 4.69) is 66.6 Å². The summed E-state index contributed by atoms with van der Waals surface area (Å²) in [5, 5.41) is 10.2. The molecule has 1 fully saturated rings. The predicted octanol–water partition coefficient (Wildman–Crippen LogP) is 7.36. The third kappa shape index (κ3) is 5.19. The van der Waals surface area contributed by atoms with E-state index in [9.17, 15) is 5.11 Å². The van der Waals surface area contributed by atoms with Crippen molar-refractivity contribution in [3.05, 3.63) is 108 Å². The topological polar surface area (TPSA) is 46.9 Å². The van der Waals surface area contributed by atoms with E-state index >= 15 is 0 Å². The van der Waals surface area contributed by atoms with E-state index in [-0.39, 0.29) is 11.9 Å².